The predicted octanol–water partition coefficient (Wildman–Crippen LogP) is 20.3. The van der Waals surface area contributed by atoms with Gasteiger partial charge in [-0.1, -0.05) is 209 Å². The van der Waals surface area contributed by atoms with E-state index in [-0.39, 0.29) is 104 Å². The van der Waals surface area contributed by atoms with Gasteiger partial charge in [-0.25, -0.2) is 0 Å². The van der Waals surface area contributed by atoms with Gasteiger partial charge in [0.25, 0.3) is 0 Å². The molecule has 0 radical (unpaired) electrons. The highest BCUT2D eigenvalue weighted by molar-refractivity contribution is 5.75. The second-order valence-corrected chi connectivity index (χ2v) is 28.9. The SMILES string of the molecule is CCCCCCC(C/C=C\CCCCCCCC(=O)OCC(COC(=O)CCCCCCC/C=C\CC(CCCCCC)OC(=O)C1CC2C=CC1C2)OC(=O)CCCCCCC/C=C\CC(CCCCCC)OC(=O)C1CC2C=CC1C2)OC(=O)C1CC2C=CC1C2. The lowest BCUT2D eigenvalue weighted by molar-refractivity contribution is -0.167. The molecule has 0 saturated heterocycles. The number of carbonyl (C=O) groups excluding carboxylic acids is 6. The van der Waals surface area contributed by atoms with Crippen LogP contribution in [0.15, 0.2) is 72.9 Å². The zero-order chi connectivity index (χ0) is 65.9. The Bertz CT molecular complexity index is 2210. The summed E-state index contributed by atoms with van der Waals surface area (Å²) in [7, 11) is 0. The third kappa shape index (κ3) is 31.8. The van der Waals surface area contributed by atoms with E-state index >= 15 is 0 Å². The first kappa shape index (κ1) is 77.3. The third-order valence-electron chi connectivity index (χ3n) is 20.8. The van der Waals surface area contributed by atoms with Gasteiger partial charge in [0.15, 0.2) is 6.10 Å². The number of hydrogen-bond acceptors (Lipinski definition) is 12. The van der Waals surface area contributed by atoms with Gasteiger partial charge in [-0.3, -0.25) is 28.8 Å². The highest BCUT2D eigenvalue weighted by atomic mass is 16.6. The fourth-order valence-electron chi connectivity index (χ4n) is 15.1. The molecule has 12 unspecified atom stereocenters. The number of allylic oxidation sites excluding steroid dienone is 9. The fourth-order valence-corrected chi connectivity index (χ4v) is 15.1. The van der Waals surface area contributed by atoms with E-state index in [4.69, 9.17) is 28.4 Å². The fraction of sp³-hybridized carbons (Fsp3) is 0.778. The van der Waals surface area contributed by atoms with Crippen LogP contribution >= 0.6 is 0 Å². The van der Waals surface area contributed by atoms with Crippen molar-refractivity contribution in [1.82, 2.24) is 0 Å². The van der Waals surface area contributed by atoms with Crippen LogP contribution in [0.3, 0.4) is 0 Å². The van der Waals surface area contributed by atoms with E-state index in [0.717, 1.165) is 193 Å². The zero-order valence-electron chi connectivity index (χ0n) is 58.6. The van der Waals surface area contributed by atoms with Gasteiger partial charge in [0.1, 0.15) is 31.5 Å². The summed E-state index contributed by atoms with van der Waals surface area (Å²) in [6.07, 6.45) is 68.7. The normalized spacial score (nSPS) is 23.6. The van der Waals surface area contributed by atoms with E-state index in [1.54, 1.807) is 0 Å². The van der Waals surface area contributed by atoms with Crippen molar-refractivity contribution in [1.29, 1.82) is 0 Å². The Labute approximate surface area is 563 Å². The summed E-state index contributed by atoms with van der Waals surface area (Å²) < 4.78 is 35.5. The topological polar surface area (TPSA) is 158 Å². The molecular weight excluding hydrogens is 1160 g/mol. The molecule has 0 spiro atoms. The smallest absolute Gasteiger partial charge is 0.309 e. The van der Waals surface area contributed by atoms with Gasteiger partial charge in [-0.2, -0.15) is 0 Å². The van der Waals surface area contributed by atoms with Gasteiger partial charge in [-0.15, -0.1) is 0 Å². The van der Waals surface area contributed by atoms with Crippen LogP contribution in [-0.2, 0) is 57.2 Å². The Morgan fingerprint density at radius 1 is 0.323 bits per heavy atom. The molecule has 93 heavy (non-hydrogen) atoms. The summed E-state index contributed by atoms with van der Waals surface area (Å²) in [5.74, 6) is 1.73. The molecule has 6 aliphatic carbocycles. The Balaban J connectivity index is 0.838. The second kappa shape index (κ2) is 47.2. The number of ether oxygens (including phenoxy) is 6. The lowest BCUT2D eigenvalue weighted by atomic mass is 9.93. The average Bonchev–Trinajstić information content (AvgIpc) is 1.81. The highest BCUT2D eigenvalue weighted by Gasteiger charge is 2.43. The van der Waals surface area contributed by atoms with Crippen LogP contribution in [0.5, 0.6) is 0 Å². The summed E-state index contributed by atoms with van der Waals surface area (Å²) in [4.78, 5) is 78.5. The van der Waals surface area contributed by atoms with Gasteiger partial charge in [0.2, 0.25) is 0 Å². The molecule has 6 rings (SSSR count). The molecule has 6 bridgehead atoms. The van der Waals surface area contributed by atoms with Gasteiger partial charge in [0.05, 0.1) is 17.8 Å². The monoisotopic (exact) mass is 1290 g/mol. The van der Waals surface area contributed by atoms with Crippen LogP contribution in [-0.4, -0.2) is 73.4 Å². The summed E-state index contributed by atoms with van der Waals surface area (Å²) in [5, 5.41) is 0. The molecule has 6 aliphatic rings. The maximum Gasteiger partial charge on any atom is 0.309 e. The molecule has 3 saturated carbocycles. The van der Waals surface area contributed by atoms with Crippen LogP contribution in [0.25, 0.3) is 0 Å². The van der Waals surface area contributed by atoms with E-state index in [1.165, 1.54) is 57.8 Å². The minimum absolute atomic E-state index is 0.000304. The second-order valence-electron chi connectivity index (χ2n) is 28.9. The summed E-state index contributed by atoms with van der Waals surface area (Å²) in [5.41, 5.74) is 0. The molecule has 0 amide bonds. The third-order valence-corrected chi connectivity index (χ3v) is 20.8. The van der Waals surface area contributed by atoms with Crippen molar-refractivity contribution >= 4 is 35.8 Å². The molecular formula is C81H128O12. The van der Waals surface area contributed by atoms with Crippen molar-refractivity contribution in [3.8, 4) is 0 Å². The largest absolute Gasteiger partial charge is 0.462 e. The standard InChI is InChI=1S/C81H128O12/c1-4-7-10-31-40-69(91-79(85)73-58-63-49-52-66(73)55-63)43-34-25-19-13-16-22-28-37-46-76(82)88-61-72(90-78(84)48-39-30-24-18-15-21-27-36-45-71(42-33-12-9-6-3)93-81(87)75-60-65-51-54-68(75)57-65)62-89-77(83)47-38-29-23-17-14-20-26-35-44-70(41-32-11-8-5-2)92-80(86)74-59-64-50-53-67(74)56-64/h25-27,34-36,49-54,63-75H,4-24,28-33,37-48,55-62H2,1-3H3/b34-25-,35-26-,36-27-. The number of hydrogen-bond donors (Lipinski definition) is 0. The number of esters is 6. The average molecular weight is 1290 g/mol. The minimum atomic E-state index is -0.876. The lowest BCUT2D eigenvalue weighted by Crippen LogP contribution is -2.30. The quantitative estimate of drug-likeness (QED) is 0.0246. The maximum absolute atomic E-state index is 13.2. The summed E-state index contributed by atoms with van der Waals surface area (Å²) in [6, 6.07) is 0. The van der Waals surface area contributed by atoms with E-state index in [2.05, 4.69) is 93.7 Å². The Kier molecular flexibility index (Phi) is 39.2. The molecule has 12 heteroatoms. The van der Waals surface area contributed by atoms with Crippen molar-refractivity contribution in [2.75, 3.05) is 13.2 Å². The summed E-state index contributed by atoms with van der Waals surface area (Å²) in [6.45, 7) is 6.33. The van der Waals surface area contributed by atoms with E-state index in [0.29, 0.717) is 54.8 Å². The summed E-state index contributed by atoms with van der Waals surface area (Å²) >= 11 is 0. The highest BCUT2D eigenvalue weighted by Crippen LogP contribution is 2.46. The number of unbranched alkanes of at least 4 members (excludes halogenated alkanes) is 24. The molecule has 3 fully saturated rings. The first-order valence-electron chi connectivity index (χ1n) is 38.6. The lowest BCUT2D eigenvalue weighted by Gasteiger charge is -2.22. The molecule has 12 nitrogen and oxygen atoms in total. The number of fused-ring (bicyclic) bond motifs is 6. The van der Waals surface area contributed by atoms with E-state index in [1.807, 2.05) is 0 Å². The first-order valence-corrected chi connectivity index (χ1v) is 38.6. The van der Waals surface area contributed by atoms with Gasteiger partial charge in [0, 0.05) is 38.5 Å². The van der Waals surface area contributed by atoms with Crippen molar-refractivity contribution in [2.24, 2.45) is 53.3 Å². The van der Waals surface area contributed by atoms with Crippen molar-refractivity contribution in [2.45, 2.75) is 334 Å². The molecule has 524 valence electrons. The van der Waals surface area contributed by atoms with Gasteiger partial charge >= 0.3 is 35.8 Å². The Morgan fingerprint density at radius 2 is 0.624 bits per heavy atom. The van der Waals surface area contributed by atoms with Crippen LogP contribution in [0.4, 0.5) is 0 Å². The van der Waals surface area contributed by atoms with Crippen molar-refractivity contribution in [3.05, 3.63) is 72.9 Å². The van der Waals surface area contributed by atoms with Crippen LogP contribution in [0.1, 0.15) is 310 Å². The molecule has 0 aromatic heterocycles. The first-order chi connectivity index (χ1) is 45.5. The Morgan fingerprint density at radius 3 is 0.925 bits per heavy atom. The van der Waals surface area contributed by atoms with Crippen molar-refractivity contribution < 1.29 is 57.2 Å². The predicted molar refractivity (Wildman–Crippen MR) is 372 cm³/mol. The van der Waals surface area contributed by atoms with Crippen LogP contribution in [0, 0.1) is 53.3 Å². The minimum Gasteiger partial charge on any atom is -0.462 e. The molecule has 0 aromatic rings. The maximum atomic E-state index is 13.2. The molecule has 0 heterocycles. The molecule has 12 atom stereocenters. The van der Waals surface area contributed by atoms with Crippen LogP contribution in [0.2, 0.25) is 0 Å². The number of rotatable bonds is 56. The molecule has 0 aromatic carbocycles. The molecule has 0 aliphatic heterocycles. The zero-order valence-corrected chi connectivity index (χ0v) is 58.6. The van der Waals surface area contributed by atoms with Gasteiger partial charge < -0.3 is 28.4 Å². The number of carbonyl (C=O) groups is 6. The Hall–Kier alpha value is -4.74. The van der Waals surface area contributed by atoms with E-state index < -0.39 is 6.10 Å². The van der Waals surface area contributed by atoms with Crippen LogP contribution < -0.4 is 0 Å². The van der Waals surface area contributed by atoms with E-state index in [9.17, 15) is 28.8 Å². The van der Waals surface area contributed by atoms with Crippen molar-refractivity contribution in [3.63, 3.8) is 0 Å². The molecule has 0 N–H and O–H groups in total. The van der Waals surface area contributed by atoms with Gasteiger partial charge in [-0.05, 0) is 170 Å².